The van der Waals surface area contributed by atoms with E-state index in [1.807, 2.05) is 30.3 Å². The van der Waals surface area contributed by atoms with E-state index in [0.29, 0.717) is 24.5 Å². The second-order valence-electron chi connectivity index (χ2n) is 7.36. The van der Waals surface area contributed by atoms with E-state index in [4.69, 9.17) is 14.2 Å². The van der Waals surface area contributed by atoms with Crippen LogP contribution in [-0.2, 0) is 15.1 Å². The number of rotatable bonds is 11. The summed E-state index contributed by atoms with van der Waals surface area (Å²) < 4.78 is 16.7. The Balaban J connectivity index is 1.37. The summed E-state index contributed by atoms with van der Waals surface area (Å²) >= 11 is 0. The Morgan fingerprint density at radius 1 is 0.774 bits per heavy atom. The molecule has 5 nitrogen and oxygen atoms in total. The van der Waals surface area contributed by atoms with Crippen LogP contribution in [0.4, 0.5) is 0 Å². The molecule has 3 aromatic carbocycles. The molecule has 0 radical (unpaired) electrons. The second kappa shape index (κ2) is 10.6. The van der Waals surface area contributed by atoms with E-state index in [2.05, 4.69) is 24.3 Å². The second-order valence-corrected chi connectivity index (χ2v) is 7.36. The SMILES string of the molecule is COC(C)(C(=O)O)c1ccc(OCCCCOc2ccc(-c3ccccc3)cc2)cc1. The van der Waals surface area contributed by atoms with Gasteiger partial charge in [-0.15, -0.1) is 0 Å². The third-order valence-electron chi connectivity index (χ3n) is 5.26. The highest BCUT2D eigenvalue weighted by atomic mass is 16.5. The maximum atomic E-state index is 11.4. The number of carbonyl (C=O) groups is 1. The molecule has 0 saturated heterocycles. The predicted molar refractivity (Wildman–Crippen MR) is 121 cm³/mol. The maximum Gasteiger partial charge on any atom is 0.340 e. The van der Waals surface area contributed by atoms with Crippen LogP contribution in [0.5, 0.6) is 11.5 Å². The number of hydrogen-bond acceptors (Lipinski definition) is 4. The van der Waals surface area contributed by atoms with Crippen molar-refractivity contribution in [2.24, 2.45) is 0 Å². The molecule has 3 aromatic rings. The van der Waals surface area contributed by atoms with E-state index in [1.54, 1.807) is 24.3 Å². The standard InChI is InChI=1S/C26H28O5/c1-26(29-2,25(27)28)22-12-16-24(17-13-22)31-19-7-6-18-30-23-14-10-21(11-15-23)20-8-4-3-5-9-20/h3-5,8-17H,6-7,18-19H2,1-2H3,(H,27,28). The molecule has 0 fully saturated rings. The van der Waals surface area contributed by atoms with Gasteiger partial charge < -0.3 is 19.3 Å². The summed E-state index contributed by atoms with van der Waals surface area (Å²) in [6, 6.07) is 25.3. The fourth-order valence-electron chi connectivity index (χ4n) is 3.16. The third-order valence-corrected chi connectivity index (χ3v) is 5.26. The van der Waals surface area contributed by atoms with Crippen molar-refractivity contribution < 1.29 is 24.1 Å². The average molecular weight is 421 g/mol. The third kappa shape index (κ3) is 5.86. The number of carboxylic acid groups (broad SMARTS) is 1. The highest BCUT2D eigenvalue weighted by Gasteiger charge is 2.35. The van der Waals surface area contributed by atoms with E-state index in [-0.39, 0.29) is 0 Å². The lowest BCUT2D eigenvalue weighted by Gasteiger charge is -2.23. The molecule has 0 aliphatic carbocycles. The molecule has 0 spiro atoms. The molecule has 0 heterocycles. The molecule has 1 unspecified atom stereocenters. The summed E-state index contributed by atoms with van der Waals surface area (Å²) in [4.78, 5) is 11.4. The van der Waals surface area contributed by atoms with Crippen LogP contribution in [0, 0.1) is 0 Å². The lowest BCUT2D eigenvalue weighted by molar-refractivity contribution is -0.161. The first-order valence-corrected chi connectivity index (χ1v) is 10.3. The Hall–Kier alpha value is -3.31. The van der Waals surface area contributed by atoms with Crippen LogP contribution in [0.15, 0.2) is 78.9 Å². The van der Waals surface area contributed by atoms with Gasteiger partial charge in [0, 0.05) is 7.11 Å². The molecule has 5 heteroatoms. The molecular weight excluding hydrogens is 392 g/mol. The van der Waals surface area contributed by atoms with E-state index < -0.39 is 11.6 Å². The number of hydrogen-bond donors (Lipinski definition) is 1. The summed E-state index contributed by atoms with van der Waals surface area (Å²) in [6.45, 7) is 2.72. The fourth-order valence-corrected chi connectivity index (χ4v) is 3.16. The number of carboxylic acids is 1. The molecule has 162 valence electrons. The maximum absolute atomic E-state index is 11.4. The van der Waals surface area contributed by atoms with Gasteiger partial charge in [-0.1, -0.05) is 54.6 Å². The first-order chi connectivity index (χ1) is 15.0. The van der Waals surface area contributed by atoms with Gasteiger partial charge in [0.15, 0.2) is 5.60 Å². The van der Waals surface area contributed by atoms with Crippen LogP contribution in [0.3, 0.4) is 0 Å². The first-order valence-electron chi connectivity index (χ1n) is 10.3. The fraction of sp³-hybridized carbons (Fsp3) is 0.269. The minimum absolute atomic E-state index is 0.566. The Labute approximate surface area is 183 Å². The van der Waals surface area contributed by atoms with Gasteiger partial charge in [0.1, 0.15) is 11.5 Å². The number of methoxy groups -OCH3 is 1. The van der Waals surface area contributed by atoms with Gasteiger partial charge in [-0.3, -0.25) is 0 Å². The Morgan fingerprint density at radius 2 is 1.26 bits per heavy atom. The number of ether oxygens (including phenoxy) is 3. The van der Waals surface area contributed by atoms with Crippen LogP contribution in [0.25, 0.3) is 11.1 Å². The quantitative estimate of drug-likeness (QED) is 0.413. The van der Waals surface area contributed by atoms with E-state index in [1.165, 1.54) is 25.2 Å². The van der Waals surface area contributed by atoms with Gasteiger partial charge in [0.2, 0.25) is 0 Å². The van der Waals surface area contributed by atoms with Crippen molar-refractivity contribution in [3.05, 3.63) is 84.4 Å². The summed E-state index contributed by atoms with van der Waals surface area (Å²) in [5, 5.41) is 9.36. The summed E-state index contributed by atoms with van der Waals surface area (Å²) in [5.74, 6) is 0.527. The van der Waals surface area contributed by atoms with Crippen LogP contribution >= 0.6 is 0 Å². The molecule has 0 aliphatic rings. The van der Waals surface area contributed by atoms with Gasteiger partial charge in [0.05, 0.1) is 13.2 Å². The Kier molecular flexibility index (Phi) is 7.68. The molecule has 0 saturated carbocycles. The molecule has 0 aromatic heterocycles. The van der Waals surface area contributed by atoms with Crippen molar-refractivity contribution in [2.75, 3.05) is 20.3 Å². The molecule has 0 bridgehead atoms. The van der Waals surface area contributed by atoms with Gasteiger partial charge in [-0.2, -0.15) is 0 Å². The van der Waals surface area contributed by atoms with Crippen LogP contribution < -0.4 is 9.47 Å². The highest BCUT2D eigenvalue weighted by molar-refractivity contribution is 5.79. The van der Waals surface area contributed by atoms with Gasteiger partial charge in [0.25, 0.3) is 0 Å². The lowest BCUT2D eigenvalue weighted by atomic mass is 9.96. The minimum Gasteiger partial charge on any atom is -0.494 e. The van der Waals surface area contributed by atoms with Crippen LogP contribution in [0.1, 0.15) is 25.3 Å². The lowest BCUT2D eigenvalue weighted by Crippen LogP contribution is -2.34. The Bertz CT molecular complexity index is 951. The van der Waals surface area contributed by atoms with Gasteiger partial charge >= 0.3 is 5.97 Å². The van der Waals surface area contributed by atoms with Crippen molar-refractivity contribution in [3.8, 4) is 22.6 Å². The number of benzene rings is 3. The zero-order chi connectivity index (χ0) is 22.1. The summed E-state index contributed by atoms with van der Waals surface area (Å²) in [5.41, 5.74) is 1.56. The largest absolute Gasteiger partial charge is 0.494 e. The zero-order valence-electron chi connectivity index (χ0n) is 17.9. The molecule has 0 aliphatic heterocycles. The molecular formula is C26H28O5. The zero-order valence-corrected chi connectivity index (χ0v) is 17.9. The van der Waals surface area contributed by atoms with E-state index >= 15 is 0 Å². The minimum atomic E-state index is -1.37. The van der Waals surface area contributed by atoms with Crippen molar-refractivity contribution in [3.63, 3.8) is 0 Å². The van der Waals surface area contributed by atoms with Gasteiger partial charge in [-0.25, -0.2) is 4.79 Å². The monoisotopic (exact) mass is 420 g/mol. The van der Waals surface area contributed by atoms with Crippen LogP contribution in [-0.4, -0.2) is 31.4 Å². The molecule has 1 atom stereocenters. The number of unbranched alkanes of at least 4 members (excludes halogenated alkanes) is 1. The normalized spacial score (nSPS) is 12.7. The molecule has 0 amide bonds. The average Bonchev–Trinajstić information content (AvgIpc) is 2.82. The summed E-state index contributed by atoms with van der Waals surface area (Å²) in [6.07, 6.45) is 1.73. The van der Waals surface area contributed by atoms with Crippen molar-refractivity contribution in [1.82, 2.24) is 0 Å². The van der Waals surface area contributed by atoms with Gasteiger partial charge in [-0.05, 0) is 60.7 Å². The smallest absolute Gasteiger partial charge is 0.340 e. The number of aliphatic carboxylic acids is 1. The van der Waals surface area contributed by atoms with Crippen molar-refractivity contribution in [1.29, 1.82) is 0 Å². The Morgan fingerprint density at radius 3 is 1.74 bits per heavy atom. The first kappa shape index (κ1) is 22.4. The molecule has 1 N–H and O–H groups in total. The molecule has 31 heavy (non-hydrogen) atoms. The molecule has 3 rings (SSSR count). The van der Waals surface area contributed by atoms with Crippen molar-refractivity contribution in [2.45, 2.75) is 25.4 Å². The topological polar surface area (TPSA) is 65.0 Å². The van der Waals surface area contributed by atoms with Crippen molar-refractivity contribution >= 4 is 5.97 Å². The van der Waals surface area contributed by atoms with E-state index in [0.717, 1.165) is 18.6 Å². The van der Waals surface area contributed by atoms with E-state index in [9.17, 15) is 9.90 Å². The predicted octanol–water partition coefficient (Wildman–Crippen LogP) is 5.54. The summed E-state index contributed by atoms with van der Waals surface area (Å²) in [7, 11) is 1.39. The van der Waals surface area contributed by atoms with Crippen LogP contribution in [0.2, 0.25) is 0 Å². The highest BCUT2D eigenvalue weighted by Crippen LogP contribution is 2.27.